The van der Waals surface area contributed by atoms with Crippen molar-refractivity contribution in [1.82, 2.24) is 9.21 Å². The minimum atomic E-state index is -3.90. The van der Waals surface area contributed by atoms with Crippen LogP contribution in [-0.4, -0.2) is 62.2 Å². The normalized spacial score (nSPS) is 20.0. The van der Waals surface area contributed by atoms with Gasteiger partial charge in [-0.1, -0.05) is 19.3 Å². The van der Waals surface area contributed by atoms with Gasteiger partial charge in [-0.25, -0.2) is 8.42 Å². The van der Waals surface area contributed by atoms with Gasteiger partial charge in [-0.3, -0.25) is 9.59 Å². The molecular formula is C20H29N3O5S. The highest BCUT2D eigenvalue weighted by atomic mass is 32.2. The van der Waals surface area contributed by atoms with Crippen LogP contribution in [0.2, 0.25) is 0 Å². The quantitative estimate of drug-likeness (QED) is 0.783. The first kappa shape index (κ1) is 21.6. The summed E-state index contributed by atoms with van der Waals surface area (Å²) in [6.07, 6.45) is 4.60. The number of carbonyl (C=O) groups excluding carboxylic acids is 2. The summed E-state index contributed by atoms with van der Waals surface area (Å²) in [5, 5.41) is 2.71. The van der Waals surface area contributed by atoms with E-state index in [1.54, 1.807) is 31.9 Å². The van der Waals surface area contributed by atoms with E-state index >= 15 is 0 Å². The maximum atomic E-state index is 13.1. The number of benzene rings is 1. The number of amides is 2. The first-order valence-electron chi connectivity index (χ1n) is 9.95. The Labute approximate surface area is 172 Å². The first-order valence-corrected chi connectivity index (χ1v) is 11.4. The van der Waals surface area contributed by atoms with Gasteiger partial charge < -0.3 is 15.0 Å². The standard InChI is InChI=1S/C20H29N3O5S/c1-13-10-16-17(28-14(2)20(25)21-16)11-18(13)29(26,27)22(3)12-19(24)23(4)15-8-6-5-7-9-15/h10-11,14-15H,5-9,12H2,1-4H3,(H,21,25)/t14-/m0/s1. The van der Waals surface area contributed by atoms with Crippen molar-refractivity contribution in [1.29, 1.82) is 0 Å². The molecule has 3 rings (SSSR count). The number of nitrogens with one attached hydrogen (secondary N) is 1. The van der Waals surface area contributed by atoms with E-state index in [2.05, 4.69) is 5.32 Å². The van der Waals surface area contributed by atoms with Gasteiger partial charge in [-0.2, -0.15) is 4.31 Å². The largest absolute Gasteiger partial charge is 0.479 e. The number of anilines is 1. The molecule has 1 heterocycles. The van der Waals surface area contributed by atoms with Gasteiger partial charge in [0.25, 0.3) is 5.91 Å². The van der Waals surface area contributed by atoms with E-state index in [1.165, 1.54) is 19.5 Å². The summed E-state index contributed by atoms with van der Waals surface area (Å²) in [5.74, 6) is -0.183. The molecule has 2 amide bonds. The molecular weight excluding hydrogens is 394 g/mol. The summed E-state index contributed by atoms with van der Waals surface area (Å²) in [6.45, 7) is 3.03. The Morgan fingerprint density at radius 2 is 1.86 bits per heavy atom. The molecule has 0 radical (unpaired) electrons. The van der Waals surface area contributed by atoms with Gasteiger partial charge in [0, 0.05) is 26.2 Å². The zero-order chi connectivity index (χ0) is 21.3. The number of carbonyl (C=O) groups is 2. The molecule has 2 aliphatic rings. The van der Waals surface area contributed by atoms with Crippen LogP contribution in [0.25, 0.3) is 0 Å². The molecule has 1 atom stereocenters. The number of hydrogen-bond donors (Lipinski definition) is 1. The molecule has 0 spiro atoms. The van der Waals surface area contributed by atoms with Crippen LogP contribution >= 0.6 is 0 Å². The van der Waals surface area contributed by atoms with Crippen molar-refractivity contribution in [2.24, 2.45) is 0 Å². The predicted octanol–water partition coefficient (Wildman–Crippen LogP) is 2.13. The third kappa shape index (κ3) is 4.40. The Bertz CT molecular complexity index is 909. The lowest BCUT2D eigenvalue weighted by Gasteiger charge is -2.32. The van der Waals surface area contributed by atoms with Crippen LogP contribution in [0.5, 0.6) is 5.75 Å². The fourth-order valence-corrected chi connectivity index (χ4v) is 5.19. The van der Waals surface area contributed by atoms with E-state index in [4.69, 9.17) is 4.74 Å². The van der Waals surface area contributed by atoms with Crippen LogP contribution in [0, 0.1) is 6.92 Å². The molecule has 1 aromatic rings. The molecule has 1 aromatic carbocycles. The summed E-state index contributed by atoms with van der Waals surface area (Å²) in [6, 6.07) is 3.17. The van der Waals surface area contributed by atoms with Gasteiger partial charge in [0.2, 0.25) is 15.9 Å². The van der Waals surface area contributed by atoms with Crippen molar-refractivity contribution in [3.05, 3.63) is 17.7 Å². The Morgan fingerprint density at radius 1 is 1.21 bits per heavy atom. The van der Waals surface area contributed by atoms with E-state index in [0.717, 1.165) is 30.0 Å². The number of nitrogens with zero attached hydrogens (tertiary/aromatic N) is 2. The average molecular weight is 424 g/mol. The molecule has 1 fully saturated rings. The van der Waals surface area contributed by atoms with Crippen LogP contribution in [-0.2, 0) is 19.6 Å². The van der Waals surface area contributed by atoms with Crippen LogP contribution in [0.3, 0.4) is 0 Å². The third-order valence-electron chi connectivity index (χ3n) is 5.77. The molecule has 1 aliphatic carbocycles. The van der Waals surface area contributed by atoms with E-state index in [1.807, 2.05) is 0 Å². The predicted molar refractivity (Wildman–Crippen MR) is 109 cm³/mol. The molecule has 0 unspecified atom stereocenters. The third-order valence-corrected chi connectivity index (χ3v) is 7.72. The minimum absolute atomic E-state index is 0.0650. The number of sulfonamides is 1. The van der Waals surface area contributed by atoms with Gasteiger partial charge in [0.05, 0.1) is 17.1 Å². The van der Waals surface area contributed by atoms with Crippen molar-refractivity contribution in [2.75, 3.05) is 26.0 Å². The summed E-state index contributed by atoms with van der Waals surface area (Å²) in [5.41, 5.74) is 0.919. The van der Waals surface area contributed by atoms with Gasteiger partial charge in [-0.15, -0.1) is 0 Å². The maximum absolute atomic E-state index is 13.1. The second-order valence-corrected chi connectivity index (χ2v) is 9.93. The number of likely N-dealkylation sites (N-methyl/N-ethyl adjacent to an activating group) is 2. The molecule has 1 saturated carbocycles. The van der Waals surface area contributed by atoms with Gasteiger partial charge in [0.1, 0.15) is 5.75 Å². The van der Waals surface area contributed by atoms with Gasteiger partial charge in [0.15, 0.2) is 6.10 Å². The van der Waals surface area contributed by atoms with E-state index in [0.29, 0.717) is 17.0 Å². The highest BCUT2D eigenvalue weighted by Crippen LogP contribution is 2.35. The second kappa shape index (κ2) is 8.31. The molecule has 0 saturated heterocycles. The summed E-state index contributed by atoms with van der Waals surface area (Å²) in [7, 11) is -0.741. The fourth-order valence-electron chi connectivity index (χ4n) is 3.85. The Balaban J connectivity index is 1.78. The van der Waals surface area contributed by atoms with Crippen LogP contribution in [0.1, 0.15) is 44.6 Å². The average Bonchev–Trinajstić information content (AvgIpc) is 2.68. The zero-order valence-electron chi connectivity index (χ0n) is 17.4. The molecule has 1 aliphatic heterocycles. The number of fused-ring (bicyclic) bond motifs is 1. The molecule has 29 heavy (non-hydrogen) atoms. The Morgan fingerprint density at radius 3 is 2.52 bits per heavy atom. The number of hydrogen-bond acceptors (Lipinski definition) is 5. The van der Waals surface area contributed by atoms with Crippen molar-refractivity contribution >= 4 is 27.5 Å². The fraction of sp³-hybridized carbons (Fsp3) is 0.600. The molecule has 160 valence electrons. The molecule has 8 nitrogen and oxygen atoms in total. The topological polar surface area (TPSA) is 96.0 Å². The first-order chi connectivity index (χ1) is 13.6. The maximum Gasteiger partial charge on any atom is 0.265 e. The molecule has 9 heteroatoms. The van der Waals surface area contributed by atoms with Crippen molar-refractivity contribution in [3.8, 4) is 5.75 Å². The number of aryl methyl sites for hydroxylation is 1. The smallest absolute Gasteiger partial charge is 0.265 e. The van der Waals surface area contributed by atoms with Gasteiger partial charge >= 0.3 is 0 Å². The number of ether oxygens (including phenoxy) is 1. The Hall–Kier alpha value is -2.13. The Kier molecular flexibility index (Phi) is 6.19. The SMILES string of the molecule is Cc1cc2c(cc1S(=O)(=O)N(C)CC(=O)N(C)C1CCCCC1)O[C@@H](C)C(=O)N2. The summed E-state index contributed by atoms with van der Waals surface area (Å²) < 4.78 is 32.9. The minimum Gasteiger partial charge on any atom is -0.479 e. The van der Waals surface area contributed by atoms with E-state index in [-0.39, 0.29) is 29.3 Å². The molecule has 1 N–H and O–H groups in total. The lowest BCUT2D eigenvalue weighted by atomic mass is 9.94. The molecule has 0 bridgehead atoms. The lowest BCUT2D eigenvalue weighted by molar-refractivity contribution is -0.132. The summed E-state index contributed by atoms with van der Waals surface area (Å²) >= 11 is 0. The zero-order valence-corrected chi connectivity index (χ0v) is 18.2. The second-order valence-electron chi connectivity index (χ2n) is 7.92. The summed E-state index contributed by atoms with van der Waals surface area (Å²) in [4.78, 5) is 26.2. The number of rotatable bonds is 5. The monoisotopic (exact) mass is 423 g/mol. The lowest BCUT2D eigenvalue weighted by Crippen LogP contribution is -2.44. The van der Waals surface area contributed by atoms with Crippen molar-refractivity contribution < 1.29 is 22.7 Å². The molecule has 0 aromatic heterocycles. The highest BCUT2D eigenvalue weighted by Gasteiger charge is 2.31. The van der Waals surface area contributed by atoms with Crippen molar-refractivity contribution in [2.45, 2.75) is 63.0 Å². The van der Waals surface area contributed by atoms with E-state index < -0.39 is 16.1 Å². The van der Waals surface area contributed by atoms with Crippen LogP contribution < -0.4 is 10.1 Å². The van der Waals surface area contributed by atoms with Crippen molar-refractivity contribution in [3.63, 3.8) is 0 Å². The highest BCUT2D eigenvalue weighted by molar-refractivity contribution is 7.89. The van der Waals surface area contributed by atoms with Crippen LogP contribution in [0.4, 0.5) is 5.69 Å². The van der Waals surface area contributed by atoms with Gasteiger partial charge in [-0.05, 0) is 38.3 Å². The van der Waals surface area contributed by atoms with E-state index in [9.17, 15) is 18.0 Å². The van der Waals surface area contributed by atoms with Crippen LogP contribution in [0.15, 0.2) is 17.0 Å².